The van der Waals surface area contributed by atoms with Crippen LogP contribution in [0, 0.1) is 0 Å². The molecule has 2 atom stereocenters. The van der Waals surface area contributed by atoms with E-state index in [9.17, 15) is 10.2 Å². The van der Waals surface area contributed by atoms with Crippen molar-refractivity contribution in [1.82, 2.24) is 0 Å². The Hall–Kier alpha value is -2.94. The Morgan fingerprint density at radius 1 is 0.654 bits per heavy atom. The van der Waals surface area contributed by atoms with Crippen LogP contribution in [0.15, 0.2) is 66.7 Å². The lowest BCUT2D eigenvalue weighted by atomic mass is 9.84. The second-order valence-corrected chi connectivity index (χ2v) is 7.19. The molecule has 124 valence electrons. The molecule has 0 bridgehead atoms. The Bertz CT molecular complexity index is 1360. The van der Waals surface area contributed by atoms with Gasteiger partial charge in [0.25, 0.3) is 0 Å². The lowest BCUT2D eigenvalue weighted by Gasteiger charge is -2.25. The van der Waals surface area contributed by atoms with Crippen LogP contribution in [0.3, 0.4) is 0 Å². The number of benzene rings is 5. The summed E-state index contributed by atoms with van der Waals surface area (Å²) in [4.78, 5) is 0. The molecule has 1 aliphatic rings. The number of hydrogen-bond donors (Lipinski definition) is 2. The van der Waals surface area contributed by atoms with Crippen molar-refractivity contribution >= 4 is 49.2 Å². The van der Waals surface area contributed by atoms with E-state index in [1.54, 1.807) is 6.08 Å². The van der Waals surface area contributed by atoms with Crippen LogP contribution in [0.1, 0.15) is 17.2 Å². The van der Waals surface area contributed by atoms with Gasteiger partial charge in [-0.15, -0.1) is 0 Å². The maximum Gasteiger partial charge on any atom is 0.109 e. The highest BCUT2D eigenvalue weighted by Crippen LogP contribution is 2.43. The normalized spacial score (nSPS) is 19.8. The second-order valence-electron chi connectivity index (χ2n) is 7.19. The molecule has 2 N–H and O–H groups in total. The molecule has 0 aliphatic heterocycles. The molecule has 5 aromatic carbocycles. The van der Waals surface area contributed by atoms with Crippen molar-refractivity contribution in [2.45, 2.75) is 12.2 Å². The van der Waals surface area contributed by atoms with E-state index in [0.717, 1.165) is 21.9 Å². The molecule has 1 aliphatic carbocycles. The third kappa shape index (κ3) is 1.68. The average molecular weight is 336 g/mol. The van der Waals surface area contributed by atoms with E-state index in [2.05, 4.69) is 54.6 Å². The number of aliphatic hydroxyl groups excluding tert-OH is 2. The zero-order valence-corrected chi connectivity index (χ0v) is 14.0. The topological polar surface area (TPSA) is 40.5 Å². The van der Waals surface area contributed by atoms with E-state index in [1.165, 1.54) is 32.3 Å². The van der Waals surface area contributed by atoms with Crippen molar-refractivity contribution in [2.75, 3.05) is 0 Å². The average Bonchev–Trinajstić information content (AvgIpc) is 2.68. The van der Waals surface area contributed by atoms with E-state index in [1.807, 2.05) is 12.1 Å². The van der Waals surface area contributed by atoms with Gasteiger partial charge in [-0.3, -0.25) is 0 Å². The Morgan fingerprint density at radius 2 is 1.38 bits per heavy atom. The van der Waals surface area contributed by atoms with Crippen LogP contribution in [-0.4, -0.2) is 16.3 Å². The van der Waals surface area contributed by atoms with Crippen LogP contribution in [0.4, 0.5) is 0 Å². The summed E-state index contributed by atoms with van der Waals surface area (Å²) < 4.78 is 0. The number of hydrogen-bond acceptors (Lipinski definition) is 2. The molecular weight excluding hydrogens is 320 g/mol. The number of rotatable bonds is 0. The summed E-state index contributed by atoms with van der Waals surface area (Å²) in [6, 6.07) is 21.4. The van der Waals surface area contributed by atoms with Gasteiger partial charge in [0.1, 0.15) is 12.2 Å². The molecule has 0 fully saturated rings. The van der Waals surface area contributed by atoms with Gasteiger partial charge >= 0.3 is 0 Å². The van der Waals surface area contributed by atoms with Crippen LogP contribution < -0.4 is 0 Å². The summed E-state index contributed by atoms with van der Waals surface area (Å²) in [7, 11) is 0. The minimum atomic E-state index is -0.877. The first-order chi connectivity index (χ1) is 12.7. The maximum atomic E-state index is 10.5. The lowest BCUT2D eigenvalue weighted by molar-refractivity contribution is 0.0472. The molecule has 0 heterocycles. The van der Waals surface area contributed by atoms with Gasteiger partial charge in [-0.1, -0.05) is 60.7 Å². The van der Waals surface area contributed by atoms with E-state index >= 15 is 0 Å². The molecule has 6 rings (SSSR count). The Labute approximate surface area is 149 Å². The van der Waals surface area contributed by atoms with Crippen molar-refractivity contribution in [1.29, 1.82) is 0 Å². The SMILES string of the molecule is OC1C=Cc2c(cc3ccc4c5ccccc5cc5ccc2c3c54)C1O. The molecule has 2 unspecified atom stereocenters. The van der Waals surface area contributed by atoms with Crippen molar-refractivity contribution in [3.8, 4) is 0 Å². The zero-order valence-electron chi connectivity index (χ0n) is 14.0. The van der Waals surface area contributed by atoms with E-state index < -0.39 is 12.2 Å². The highest BCUT2D eigenvalue weighted by atomic mass is 16.3. The highest BCUT2D eigenvalue weighted by molar-refractivity contribution is 6.29. The fourth-order valence-electron chi connectivity index (χ4n) is 4.59. The van der Waals surface area contributed by atoms with Gasteiger partial charge in [0, 0.05) is 0 Å². The Balaban J connectivity index is 1.88. The van der Waals surface area contributed by atoms with Crippen LogP contribution in [0.2, 0.25) is 0 Å². The van der Waals surface area contributed by atoms with Crippen molar-refractivity contribution in [3.05, 3.63) is 77.9 Å². The Morgan fingerprint density at radius 3 is 2.27 bits per heavy atom. The minimum Gasteiger partial charge on any atom is -0.386 e. The van der Waals surface area contributed by atoms with E-state index in [-0.39, 0.29) is 0 Å². The van der Waals surface area contributed by atoms with Crippen LogP contribution in [0.25, 0.3) is 49.2 Å². The molecule has 0 aromatic heterocycles. The van der Waals surface area contributed by atoms with Crippen molar-refractivity contribution in [3.63, 3.8) is 0 Å². The summed E-state index contributed by atoms with van der Waals surface area (Å²) in [5.74, 6) is 0. The number of fused-ring (bicyclic) bond motifs is 4. The van der Waals surface area contributed by atoms with Crippen molar-refractivity contribution in [2.24, 2.45) is 0 Å². The summed E-state index contributed by atoms with van der Waals surface area (Å²) in [5, 5.41) is 30.2. The molecule has 0 saturated heterocycles. The molecular formula is C24H16O2. The third-order valence-corrected chi connectivity index (χ3v) is 5.80. The summed E-state index contributed by atoms with van der Waals surface area (Å²) >= 11 is 0. The minimum absolute atomic E-state index is 0.802. The lowest BCUT2D eigenvalue weighted by Crippen LogP contribution is -2.19. The fraction of sp³-hybridized carbons (Fsp3) is 0.0833. The summed E-state index contributed by atoms with van der Waals surface area (Å²) in [6.07, 6.45) is 1.90. The first-order valence-electron chi connectivity index (χ1n) is 8.90. The standard InChI is InChI=1S/C24H16O2/c25-21-10-9-17-19-8-5-14-11-13-3-1-2-4-16(13)18-7-6-15(23(19)22(14)18)12-20(17)24(21)26/h1-12,21,24-26H. The molecule has 0 spiro atoms. The predicted molar refractivity (Wildman–Crippen MR) is 108 cm³/mol. The van der Waals surface area contributed by atoms with Crippen molar-refractivity contribution < 1.29 is 10.2 Å². The smallest absolute Gasteiger partial charge is 0.109 e. The van der Waals surface area contributed by atoms with Crippen LogP contribution in [0.5, 0.6) is 0 Å². The summed E-state index contributed by atoms with van der Waals surface area (Å²) in [6.45, 7) is 0. The van der Waals surface area contributed by atoms with Gasteiger partial charge in [-0.05, 0) is 66.3 Å². The zero-order chi connectivity index (χ0) is 17.4. The van der Waals surface area contributed by atoms with E-state index in [4.69, 9.17) is 0 Å². The second kappa shape index (κ2) is 4.82. The van der Waals surface area contributed by atoms with Gasteiger partial charge in [-0.25, -0.2) is 0 Å². The predicted octanol–water partition coefficient (Wildman–Crippen LogP) is 5.16. The highest BCUT2D eigenvalue weighted by Gasteiger charge is 2.25. The maximum absolute atomic E-state index is 10.5. The van der Waals surface area contributed by atoms with Gasteiger partial charge < -0.3 is 10.2 Å². The first-order valence-corrected chi connectivity index (χ1v) is 8.90. The molecule has 2 heteroatoms. The quantitative estimate of drug-likeness (QED) is 0.303. The molecule has 0 radical (unpaired) electrons. The van der Waals surface area contributed by atoms with Crippen LogP contribution in [-0.2, 0) is 0 Å². The molecule has 2 nitrogen and oxygen atoms in total. The number of aliphatic hydroxyl groups is 2. The van der Waals surface area contributed by atoms with Gasteiger partial charge in [0.15, 0.2) is 0 Å². The monoisotopic (exact) mass is 336 g/mol. The van der Waals surface area contributed by atoms with Gasteiger partial charge in [0.2, 0.25) is 0 Å². The molecule has 5 aromatic rings. The van der Waals surface area contributed by atoms with Gasteiger partial charge in [-0.2, -0.15) is 0 Å². The third-order valence-electron chi connectivity index (χ3n) is 5.80. The molecule has 0 amide bonds. The largest absolute Gasteiger partial charge is 0.386 e. The molecule has 0 saturated carbocycles. The summed E-state index contributed by atoms with van der Waals surface area (Å²) in [5.41, 5.74) is 1.81. The first kappa shape index (κ1) is 14.3. The Kier molecular flexibility index (Phi) is 2.64. The molecule has 26 heavy (non-hydrogen) atoms. The van der Waals surface area contributed by atoms with Crippen LogP contribution >= 0.6 is 0 Å². The van der Waals surface area contributed by atoms with E-state index in [0.29, 0.717) is 0 Å². The van der Waals surface area contributed by atoms with Gasteiger partial charge in [0.05, 0.1) is 0 Å². The fourth-order valence-corrected chi connectivity index (χ4v) is 4.59.